The van der Waals surface area contributed by atoms with Gasteiger partial charge in [-0.2, -0.15) is 13.2 Å². The molecule has 1 aliphatic heterocycles. The Labute approximate surface area is 221 Å². The molecule has 0 aliphatic carbocycles. The van der Waals surface area contributed by atoms with E-state index < -0.39 is 17.6 Å². The van der Waals surface area contributed by atoms with Gasteiger partial charge < -0.3 is 10.1 Å². The average Bonchev–Trinajstić information content (AvgIpc) is 3.13. The van der Waals surface area contributed by atoms with Crippen LogP contribution in [0.3, 0.4) is 0 Å². The molecular weight excluding hydrogens is 521 g/mol. The normalized spacial score (nSPS) is 14.8. The summed E-state index contributed by atoms with van der Waals surface area (Å²) in [5, 5.41) is 2.83. The number of alkyl halides is 3. The monoisotopic (exact) mass is 542 g/mol. The fourth-order valence-corrected chi connectivity index (χ4v) is 4.84. The van der Waals surface area contributed by atoms with E-state index in [1.54, 1.807) is 30.3 Å². The number of halogens is 3. The Bertz CT molecular complexity index is 1400. The Balaban J connectivity index is 1.40. The van der Waals surface area contributed by atoms with Crippen LogP contribution in [0.15, 0.2) is 71.6 Å². The van der Waals surface area contributed by atoms with Crippen LogP contribution >= 0.6 is 24.0 Å². The van der Waals surface area contributed by atoms with Crippen LogP contribution in [0, 0.1) is 13.8 Å². The number of amides is 2. The van der Waals surface area contributed by atoms with Crippen molar-refractivity contribution in [1.82, 2.24) is 0 Å². The molecule has 0 spiro atoms. The number of carbonyl (C=O) groups excluding carboxylic acids is 2. The fourth-order valence-electron chi connectivity index (χ4n) is 3.54. The summed E-state index contributed by atoms with van der Waals surface area (Å²) in [6, 6.07) is 16.9. The lowest BCUT2D eigenvalue weighted by Crippen LogP contribution is -2.27. The summed E-state index contributed by atoms with van der Waals surface area (Å²) in [7, 11) is 0. The van der Waals surface area contributed by atoms with Crippen molar-refractivity contribution in [3.63, 3.8) is 0 Å². The van der Waals surface area contributed by atoms with Gasteiger partial charge >= 0.3 is 6.18 Å². The Morgan fingerprint density at radius 1 is 1.08 bits per heavy atom. The highest BCUT2D eigenvalue weighted by Gasteiger charge is 2.36. The molecule has 0 atom stereocenters. The predicted molar refractivity (Wildman–Crippen MR) is 144 cm³/mol. The van der Waals surface area contributed by atoms with Gasteiger partial charge in [0.1, 0.15) is 5.75 Å². The minimum atomic E-state index is -4.53. The maximum atomic E-state index is 13.1. The number of benzene rings is 3. The van der Waals surface area contributed by atoms with E-state index in [9.17, 15) is 22.8 Å². The highest BCUT2D eigenvalue weighted by atomic mass is 32.2. The largest absolute Gasteiger partial charge is 0.484 e. The van der Waals surface area contributed by atoms with Crippen LogP contribution in [0.1, 0.15) is 22.3 Å². The molecule has 3 aromatic carbocycles. The Morgan fingerprint density at radius 3 is 2.49 bits per heavy atom. The van der Waals surface area contributed by atoms with Gasteiger partial charge in [0.05, 0.1) is 16.2 Å². The lowest BCUT2D eigenvalue weighted by atomic mass is 10.1. The maximum Gasteiger partial charge on any atom is 0.416 e. The molecule has 5 nitrogen and oxygen atoms in total. The maximum absolute atomic E-state index is 13.1. The number of rotatable bonds is 6. The fraction of sp³-hybridized carbons (Fsp3) is 0.148. The minimum absolute atomic E-state index is 0.0589. The van der Waals surface area contributed by atoms with Crippen molar-refractivity contribution in [2.24, 2.45) is 0 Å². The first-order valence-electron chi connectivity index (χ1n) is 11.1. The quantitative estimate of drug-likeness (QED) is 0.276. The van der Waals surface area contributed by atoms with Crippen molar-refractivity contribution in [2.45, 2.75) is 20.0 Å². The molecule has 4 rings (SSSR count). The molecule has 1 saturated heterocycles. The summed E-state index contributed by atoms with van der Waals surface area (Å²) in [5.74, 6) is -0.335. The van der Waals surface area contributed by atoms with E-state index >= 15 is 0 Å². The van der Waals surface area contributed by atoms with Gasteiger partial charge in [0, 0.05) is 5.69 Å². The Kier molecular flexibility index (Phi) is 7.70. The van der Waals surface area contributed by atoms with E-state index in [1.165, 1.54) is 12.1 Å². The molecule has 2 amide bonds. The summed E-state index contributed by atoms with van der Waals surface area (Å²) in [5.41, 5.74) is 2.65. The lowest BCUT2D eigenvalue weighted by Gasteiger charge is -2.16. The first-order chi connectivity index (χ1) is 17.5. The third-order valence-corrected chi connectivity index (χ3v) is 6.95. The average molecular weight is 543 g/mol. The summed E-state index contributed by atoms with van der Waals surface area (Å²) < 4.78 is 45.0. The predicted octanol–water partition coefficient (Wildman–Crippen LogP) is 6.75. The van der Waals surface area contributed by atoms with Crippen molar-refractivity contribution in [3.05, 3.63) is 93.9 Å². The molecule has 0 radical (unpaired) electrons. The van der Waals surface area contributed by atoms with Crippen molar-refractivity contribution in [2.75, 3.05) is 16.8 Å². The SMILES string of the molecule is Cc1cccc(NC(=O)COc2ccc(/C=C3\SC(=S)N(c4cccc(C(F)(F)F)c4)C3=O)cc2)c1C. The molecule has 190 valence electrons. The van der Waals surface area contributed by atoms with E-state index in [0.717, 1.165) is 45.6 Å². The second-order valence-electron chi connectivity index (χ2n) is 8.22. The topological polar surface area (TPSA) is 58.6 Å². The molecule has 1 aliphatic rings. The first kappa shape index (κ1) is 26.4. The molecule has 1 N–H and O–H groups in total. The van der Waals surface area contributed by atoms with Crippen LogP contribution in [0.5, 0.6) is 5.75 Å². The van der Waals surface area contributed by atoms with Gasteiger partial charge in [0.15, 0.2) is 10.9 Å². The second kappa shape index (κ2) is 10.8. The number of hydrogen-bond donors (Lipinski definition) is 1. The molecule has 0 saturated carbocycles. The van der Waals surface area contributed by atoms with Crippen LogP contribution in [-0.4, -0.2) is 22.7 Å². The zero-order chi connectivity index (χ0) is 26.7. The number of ether oxygens (including phenoxy) is 1. The van der Waals surface area contributed by atoms with Crippen LogP contribution < -0.4 is 15.0 Å². The van der Waals surface area contributed by atoms with Crippen molar-refractivity contribution in [1.29, 1.82) is 0 Å². The number of nitrogens with zero attached hydrogens (tertiary/aromatic N) is 1. The van der Waals surface area contributed by atoms with Crippen molar-refractivity contribution in [3.8, 4) is 5.75 Å². The number of nitrogens with one attached hydrogen (secondary N) is 1. The van der Waals surface area contributed by atoms with Crippen molar-refractivity contribution < 1.29 is 27.5 Å². The molecule has 37 heavy (non-hydrogen) atoms. The third-order valence-electron chi connectivity index (χ3n) is 5.65. The number of aryl methyl sites for hydroxylation is 1. The van der Waals surface area contributed by atoms with Gasteiger partial charge in [-0.3, -0.25) is 14.5 Å². The Hall–Kier alpha value is -3.63. The van der Waals surface area contributed by atoms with Gasteiger partial charge in [-0.05, 0) is 73.0 Å². The van der Waals surface area contributed by atoms with Gasteiger partial charge in [-0.1, -0.05) is 54.3 Å². The van der Waals surface area contributed by atoms with Crippen LogP contribution in [-0.2, 0) is 15.8 Å². The highest BCUT2D eigenvalue weighted by molar-refractivity contribution is 8.27. The van der Waals surface area contributed by atoms with Crippen LogP contribution in [0.25, 0.3) is 6.08 Å². The molecular formula is C27H21F3N2O3S2. The Morgan fingerprint density at radius 2 is 1.78 bits per heavy atom. The molecule has 10 heteroatoms. The van der Waals surface area contributed by atoms with E-state index in [4.69, 9.17) is 17.0 Å². The molecule has 0 bridgehead atoms. The summed E-state index contributed by atoms with van der Waals surface area (Å²) in [6.07, 6.45) is -2.93. The van der Waals surface area contributed by atoms with Crippen LogP contribution in [0.2, 0.25) is 0 Å². The van der Waals surface area contributed by atoms with E-state index in [1.807, 2.05) is 32.0 Å². The minimum Gasteiger partial charge on any atom is -0.484 e. The zero-order valence-corrected chi connectivity index (χ0v) is 21.4. The first-order valence-corrected chi connectivity index (χ1v) is 12.3. The lowest BCUT2D eigenvalue weighted by molar-refractivity contribution is -0.137. The zero-order valence-electron chi connectivity index (χ0n) is 19.8. The molecule has 1 fully saturated rings. The second-order valence-corrected chi connectivity index (χ2v) is 9.89. The number of carbonyl (C=O) groups is 2. The number of hydrogen-bond acceptors (Lipinski definition) is 5. The summed E-state index contributed by atoms with van der Waals surface area (Å²) >= 11 is 6.27. The summed E-state index contributed by atoms with van der Waals surface area (Å²) in [4.78, 5) is 26.6. The van der Waals surface area contributed by atoms with Gasteiger partial charge in [0.25, 0.3) is 11.8 Å². The number of anilines is 2. The summed E-state index contributed by atoms with van der Waals surface area (Å²) in [6.45, 7) is 3.72. The molecule has 1 heterocycles. The molecule has 0 aromatic heterocycles. The van der Waals surface area contributed by atoms with Gasteiger partial charge in [-0.15, -0.1) is 0 Å². The van der Waals surface area contributed by atoms with Gasteiger partial charge in [0.2, 0.25) is 0 Å². The molecule has 0 unspecified atom stereocenters. The van der Waals surface area contributed by atoms with E-state index in [-0.39, 0.29) is 27.4 Å². The van der Waals surface area contributed by atoms with E-state index in [0.29, 0.717) is 11.3 Å². The third kappa shape index (κ3) is 6.20. The van der Waals surface area contributed by atoms with Crippen molar-refractivity contribution >= 4 is 57.6 Å². The highest BCUT2D eigenvalue weighted by Crippen LogP contribution is 2.38. The van der Waals surface area contributed by atoms with Gasteiger partial charge in [-0.25, -0.2) is 0 Å². The number of thioether (sulfide) groups is 1. The smallest absolute Gasteiger partial charge is 0.416 e. The molecule has 3 aromatic rings. The van der Waals surface area contributed by atoms with Crippen LogP contribution in [0.4, 0.5) is 24.5 Å². The van der Waals surface area contributed by atoms with E-state index in [2.05, 4.69) is 5.32 Å². The number of thiocarbonyl (C=S) groups is 1. The standard InChI is InChI=1S/C27H21F3N2O3S2/c1-16-5-3-8-22(17(16)2)31-24(33)15-35-21-11-9-18(10-12-21)13-23-25(34)32(26(36)37-23)20-7-4-6-19(14-20)27(28,29)30/h3-14H,15H2,1-2H3,(H,31,33)/b23-13-.